The summed E-state index contributed by atoms with van der Waals surface area (Å²) in [5, 5.41) is 0. The lowest BCUT2D eigenvalue weighted by Crippen LogP contribution is -2.12. The highest BCUT2D eigenvalue weighted by molar-refractivity contribution is 5.60. The Kier molecular flexibility index (Phi) is 2.41. The van der Waals surface area contributed by atoms with Gasteiger partial charge in [0.05, 0.1) is 0 Å². The number of hydrogen-bond acceptors (Lipinski definition) is 1. The largest absolute Gasteiger partial charge is 0.377 e. The molecule has 0 radical (unpaired) electrons. The van der Waals surface area contributed by atoms with Crippen LogP contribution in [0.15, 0.2) is 12.1 Å². The van der Waals surface area contributed by atoms with E-state index in [1.54, 1.807) is 0 Å². The highest BCUT2D eigenvalue weighted by Gasteiger charge is 2.05. The van der Waals surface area contributed by atoms with Crippen molar-refractivity contribution in [3.05, 3.63) is 28.8 Å². The first kappa shape index (κ1) is 9.11. The minimum atomic E-state index is 1.35. The van der Waals surface area contributed by atoms with E-state index < -0.39 is 0 Å². The van der Waals surface area contributed by atoms with Crippen molar-refractivity contribution in [1.29, 1.82) is 0 Å². The summed E-state index contributed by atoms with van der Waals surface area (Å²) in [6.07, 6.45) is 0. The third-order valence-electron chi connectivity index (χ3n) is 2.35. The summed E-state index contributed by atoms with van der Waals surface area (Å²) in [4.78, 5) is 2.18. The van der Waals surface area contributed by atoms with Crippen LogP contribution in [0.5, 0.6) is 0 Å². The van der Waals surface area contributed by atoms with Gasteiger partial charge in [0.15, 0.2) is 0 Å². The molecule has 0 aliphatic carbocycles. The van der Waals surface area contributed by atoms with Gasteiger partial charge >= 0.3 is 0 Å². The van der Waals surface area contributed by atoms with Crippen LogP contribution in [0.2, 0.25) is 0 Å². The average Bonchev–Trinajstić information content (AvgIpc) is 1.97. The molecule has 66 valence electrons. The Morgan fingerprint density at radius 1 is 0.917 bits per heavy atom. The second-order valence-electron chi connectivity index (χ2n) is 3.57. The zero-order chi connectivity index (χ0) is 9.30. The van der Waals surface area contributed by atoms with E-state index in [0.717, 1.165) is 0 Å². The molecule has 1 rings (SSSR count). The van der Waals surface area contributed by atoms with Gasteiger partial charge in [0.1, 0.15) is 0 Å². The van der Waals surface area contributed by atoms with Crippen LogP contribution < -0.4 is 4.90 Å². The third-order valence-corrected chi connectivity index (χ3v) is 2.35. The zero-order valence-corrected chi connectivity index (χ0v) is 8.60. The minimum Gasteiger partial charge on any atom is -0.377 e. The van der Waals surface area contributed by atoms with Crippen molar-refractivity contribution in [2.75, 3.05) is 19.0 Å². The molecule has 0 bridgehead atoms. The van der Waals surface area contributed by atoms with Gasteiger partial charge in [-0.3, -0.25) is 0 Å². The number of nitrogens with zero attached hydrogens (tertiary/aromatic N) is 1. The van der Waals surface area contributed by atoms with Gasteiger partial charge in [-0.25, -0.2) is 0 Å². The first-order chi connectivity index (χ1) is 5.54. The molecule has 0 aliphatic rings. The molecule has 12 heavy (non-hydrogen) atoms. The van der Waals surface area contributed by atoms with Crippen LogP contribution in [-0.2, 0) is 0 Å². The standard InChI is InChI=1S/C11H17N/c1-8-6-7-9(2)11(10(8)3)12(4)5/h6-7H,1-5H3. The lowest BCUT2D eigenvalue weighted by molar-refractivity contribution is 1.09. The Morgan fingerprint density at radius 3 is 1.83 bits per heavy atom. The van der Waals surface area contributed by atoms with E-state index in [2.05, 4.69) is 51.9 Å². The van der Waals surface area contributed by atoms with Crippen LogP contribution in [0.3, 0.4) is 0 Å². The first-order valence-corrected chi connectivity index (χ1v) is 4.28. The van der Waals surface area contributed by atoms with Crippen LogP contribution in [0, 0.1) is 20.8 Å². The van der Waals surface area contributed by atoms with Gasteiger partial charge in [-0.2, -0.15) is 0 Å². The molecule has 1 aromatic carbocycles. The quantitative estimate of drug-likeness (QED) is 0.615. The molecule has 1 nitrogen and oxygen atoms in total. The molecule has 0 amide bonds. The predicted octanol–water partition coefficient (Wildman–Crippen LogP) is 2.68. The normalized spacial score (nSPS) is 10.1. The van der Waals surface area contributed by atoms with Gasteiger partial charge in [-0.1, -0.05) is 12.1 Å². The van der Waals surface area contributed by atoms with Gasteiger partial charge in [-0.15, -0.1) is 0 Å². The summed E-state index contributed by atoms with van der Waals surface area (Å²) in [6, 6.07) is 4.36. The Balaban J connectivity index is 3.33. The fourth-order valence-electron chi connectivity index (χ4n) is 1.62. The van der Waals surface area contributed by atoms with Gasteiger partial charge in [0, 0.05) is 19.8 Å². The van der Waals surface area contributed by atoms with E-state index in [-0.39, 0.29) is 0 Å². The summed E-state index contributed by atoms with van der Waals surface area (Å²) >= 11 is 0. The fraction of sp³-hybridized carbons (Fsp3) is 0.455. The van der Waals surface area contributed by atoms with Crippen LogP contribution in [0.4, 0.5) is 5.69 Å². The van der Waals surface area contributed by atoms with Crippen LogP contribution in [-0.4, -0.2) is 14.1 Å². The number of benzene rings is 1. The second-order valence-corrected chi connectivity index (χ2v) is 3.57. The fourth-order valence-corrected chi connectivity index (χ4v) is 1.62. The van der Waals surface area contributed by atoms with Crippen LogP contribution in [0.1, 0.15) is 16.7 Å². The van der Waals surface area contributed by atoms with E-state index in [9.17, 15) is 0 Å². The number of hydrogen-bond donors (Lipinski definition) is 0. The maximum absolute atomic E-state index is 2.18. The highest BCUT2D eigenvalue weighted by Crippen LogP contribution is 2.24. The number of aryl methyl sites for hydroxylation is 2. The monoisotopic (exact) mass is 163 g/mol. The molecule has 0 aliphatic heterocycles. The molecule has 0 fully saturated rings. The van der Waals surface area contributed by atoms with Crippen molar-refractivity contribution in [3.63, 3.8) is 0 Å². The van der Waals surface area contributed by atoms with Gasteiger partial charge < -0.3 is 4.90 Å². The van der Waals surface area contributed by atoms with Crippen molar-refractivity contribution in [3.8, 4) is 0 Å². The molecule has 0 saturated heterocycles. The second kappa shape index (κ2) is 3.18. The van der Waals surface area contributed by atoms with Gasteiger partial charge in [-0.05, 0) is 37.5 Å². The zero-order valence-electron chi connectivity index (χ0n) is 8.60. The molecule has 0 heterocycles. The van der Waals surface area contributed by atoms with Crippen molar-refractivity contribution >= 4 is 5.69 Å². The summed E-state index contributed by atoms with van der Waals surface area (Å²) in [7, 11) is 4.18. The SMILES string of the molecule is Cc1ccc(C)c(N(C)C)c1C. The number of anilines is 1. The Morgan fingerprint density at radius 2 is 1.42 bits per heavy atom. The lowest BCUT2D eigenvalue weighted by atomic mass is 10.0. The smallest absolute Gasteiger partial charge is 0.0423 e. The van der Waals surface area contributed by atoms with E-state index in [1.165, 1.54) is 22.4 Å². The van der Waals surface area contributed by atoms with Crippen molar-refractivity contribution in [2.45, 2.75) is 20.8 Å². The molecule has 1 aromatic rings. The summed E-state index contributed by atoms with van der Waals surface area (Å²) < 4.78 is 0. The summed E-state index contributed by atoms with van der Waals surface area (Å²) in [5.74, 6) is 0. The van der Waals surface area contributed by atoms with E-state index in [0.29, 0.717) is 0 Å². The average molecular weight is 163 g/mol. The Hall–Kier alpha value is -0.980. The minimum absolute atomic E-state index is 1.35. The van der Waals surface area contributed by atoms with Crippen molar-refractivity contribution in [2.24, 2.45) is 0 Å². The van der Waals surface area contributed by atoms with Gasteiger partial charge in [0.25, 0.3) is 0 Å². The van der Waals surface area contributed by atoms with Crippen LogP contribution >= 0.6 is 0 Å². The van der Waals surface area contributed by atoms with Crippen LogP contribution in [0.25, 0.3) is 0 Å². The maximum atomic E-state index is 2.18. The molecule has 0 saturated carbocycles. The number of rotatable bonds is 1. The van der Waals surface area contributed by atoms with Crippen molar-refractivity contribution < 1.29 is 0 Å². The predicted molar refractivity (Wildman–Crippen MR) is 55.0 cm³/mol. The van der Waals surface area contributed by atoms with Gasteiger partial charge in [0.2, 0.25) is 0 Å². The molecule has 0 atom stereocenters. The molecule has 0 unspecified atom stereocenters. The Labute approximate surface area is 75.0 Å². The first-order valence-electron chi connectivity index (χ1n) is 4.28. The van der Waals surface area contributed by atoms with Crippen molar-refractivity contribution in [1.82, 2.24) is 0 Å². The summed E-state index contributed by atoms with van der Waals surface area (Å²) in [6.45, 7) is 6.49. The lowest BCUT2D eigenvalue weighted by Gasteiger charge is -2.19. The third kappa shape index (κ3) is 1.45. The maximum Gasteiger partial charge on any atom is 0.0423 e. The molecule has 0 aromatic heterocycles. The molecule has 1 heteroatoms. The molecular weight excluding hydrogens is 146 g/mol. The highest BCUT2D eigenvalue weighted by atomic mass is 15.1. The molecular formula is C11H17N. The van der Waals surface area contributed by atoms with E-state index in [4.69, 9.17) is 0 Å². The topological polar surface area (TPSA) is 3.24 Å². The van der Waals surface area contributed by atoms with E-state index in [1.807, 2.05) is 0 Å². The Bertz CT molecular complexity index is 287. The summed E-state index contributed by atoms with van der Waals surface area (Å²) in [5.41, 5.74) is 5.46. The molecule has 0 spiro atoms. The van der Waals surface area contributed by atoms with E-state index >= 15 is 0 Å². The molecule has 0 N–H and O–H groups in total.